The molecule has 118 valence electrons. The molecule has 0 unspecified atom stereocenters. The first-order chi connectivity index (χ1) is 10.7. The van der Waals surface area contributed by atoms with Gasteiger partial charge < -0.3 is 0 Å². The third kappa shape index (κ3) is 3.93. The largest absolute Gasteiger partial charge is 0.289 e. The van der Waals surface area contributed by atoms with Crippen LogP contribution in [0, 0.1) is 5.92 Å². The Morgan fingerprint density at radius 1 is 1.23 bits per heavy atom. The molecule has 1 aromatic rings. The number of thioether (sulfide) groups is 1. The minimum absolute atomic E-state index is 0.227. The van der Waals surface area contributed by atoms with Crippen molar-refractivity contribution in [3.8, 4) is 0 Å². The summed E-state index contributed by atoms with van der Waals surface area (Å²) >= 11 is 5.14. The average molecular weight is 381 g/mol. The highest BCUT2D eigenvalue weighted by Crippen LogP contribution is 2.28. The number of carbonyl (C=O) groups is 1. The predicted octanol–water partition coefficient (Wildman–Crippen LogP) is 4.46. The molecular formula is C17H21BrN2OS. The van der Waals surface area contributed by atoms with Crippen molar-refractivity contribution >= 4 is 38.8 Å². The summed E-state index contributed by atoms with van der Waals surface area (Å²) in [4.78, 5) is 19.2. The molecule has 0 N–H and O–H groups in total. The fourth-order valence-electron chi connectivity index (χ4n) is 3.05. The maximum absolute atomic E-state index is 12.7. The first-order valence-electron chi connectivity index (χ1n) is 7.97. The number of hydrogen-bond donors (Lipinski definition) is 0. The van der Waals surface area contributed by atoms with Crippen molar-refractivity contribution in [1.29, 1.82) is 0 Å². The molecular weight excluding hydrogens is 360 g/mol. The molecule has 3 rings (SSSR count). The van der Waals surface area contributed by atoms with Crippen molar-refractivity contribution in [3.63, 3.8) is 0 Å². The Morgan fingerprint density at radius 3 is 2.68 bits per heavy atom. The van der Waals surface area contributed by atoms with Crippen LogP contribution in [0.15, 0.2) is 33.7 Å². The number of carbonyl (C=O) groups excluding carboxylic acids is 1. The van der Waals surface area contributed by atoms with Crippen LogP contribution in [0.5, 0.6) is 0 Å². The Balaban J connectivity index is 1.58. The molecule has 1 aliphatic heterocycles. The second-order valence-corrected chi connectivity index (χ2v) is 7.76. The van der Waals surface area contributed by atoms with E-state index in [1.807, 2.05) is 4.90 Å². The van der Waals surface area contributed by atoms with E-state index in [2.05, 4.69) is 45.2 Å². The molecule has 0 atom stereocenters. The number of hydrogen-bond acceptors (Lipinski definition) is 3. The molecule has 1 aromatic carbocycles. The smallest absolute Gasteiger partial charge is 0.231 e. The van der Waals surface area contributed by atoms with Gasteiger partial charge in [-0.15, -0.1) is 0 Å². The normalized spacial score (nSPS) is 19.3. The van der Waals surface area contributed by atoms with Crippen LogP contribution >= 0.6 is 27.7 Å². The van der Waals surface area contributed by atoms with E-state index in [0.29, 0.717) is 5.91 Å². The van der Waals surface area contributed by atoms with Crippen LogP contribution in [-0.2, 0) is 10.5 Å². The van der Waals surface area contributed by atoms with E-state index in [-0.39, 0.29) is 5.92 Å². The Morgan fingerprint density at radius 2 is 1.95 bits per heavy atom. The van der Waals surface area contributed by atoms with Gasteiger partial charge in [0.15, 0.2) is 5.17 Å². The van der Waals surface area contributed by atoms with Gasteiger partial charge in [0.25, 0.3) is 0 Å². The summed E-state index contributed by atoms with van der Waals surface area (Å²) in [6.45, 7) is 1.51. The van der Waals surface area contributed by atoms with Crippen LogP contribution in [0.4, 0.5) is 0 Å². The number of rotatable bonds is 3. The van der Waals surface area contributed by atoms with Crippen molar-refractivity contribution < 1.29 is 4.79 Å². The van der Waals surface area contributed by atoms with Gasteiger partial charge in [0.05, 0.1) is 6.54 Å². The second kappa shape index (κ2) is 7.64. The molecule has 22 heavy (non-hydrogen) atoms. The van der Waals surface area contributed by atoms with E-state index in [0.717, 1.165) is 41.3 Å². The molecule has 1 amide bonds. The molecule has 0 spiro atoms. The monoisotopic (exact) mass is 380 g/mol. The molecule has 2 aliphatic rings. The van der Waals surface area contributed by atoms with Crippen molar-refractivity contribution in [2.75, 3.05) is 13.1 Å². The standard InChI is InChI=1S/C17H21BrN2OS/c18-15-8-6-13(7-9-15)12-22-17-19-10-11-20(17)16(21)14-4-2-1-3-5-14/h6-9,14H,1-5,10-12H2. The zero-order valence-corrected chi connectivity index (χ0v) is 15.0. The van der Waals surface area contributed by atoms with E-state index in [1.54, 1.807) is 11.8 Å². The summed E-state index contributed by atoms with van der Waals surface area (Å²) in [5.41, 5.74) is 1.26. The van der Waals surface area contributed by atoms with Crippen LogP contribution in [0.25, 0.3) is 0 Å². The predicted molar refractivity (Wildman–Crippen MR) is 96.0 cm³/mol. The highest BCUT2D eigenvalue weighted by Gasteiger charge is 2.30. The number of nitrogens with zero attached hydrogens (tertiary/aromatic N) is 2. The summed E-state index contributed by atoms with van der Waals surface area (Å²) in [5.74, 6) is 1.39. The lowest BCUT2D eigenvalue weighted by molar-refractivity contribution is -0.132. The van der Waals surface area contributed by atoms with Gasteiger partial charge in [-0.3, -0.25) is 14.7 Å². The molecule has 1 heterocycles. The lowest BCUT2D eigenvalue weighted by atomic mass is 9.88. The van der Waals surface area contributed by atoms with Crippen LogP contribution in [0.2, 0.25) is 0 Å². The van der Waals surface area contributed by atoms with Gasteiger partial charge in [0, 0.05) is 22.7 Å². The Hall–Kier alpha value is -0.810. The van der Waals surface area contributed by atoms with Gasteiger partial charge in [-0.05, 0) is 30.5 Å². The Bertz CT molecular complexity index is 552. The fraction of sp³-hybridized carbons (Fsp3) is 0.529. The Labute approximate surface area is 144 Å². The molecule has 1 fully saturated rings. The van der Waals surface area contributed by atoms with Gasteiger partial charge in [0.1, 0.15) is 0 Å². The summed E-state index contributed by atoms with van der Waals surface area (Å²) in [5, 5.41) is 0.915. The highest BCUT2D eigenvalue weighted by atomic mass is 79.9. The summed E-state index contributed by atoms with van der Waals surface area (Å²) in [6, 6.07) is 8.33. The van der Waals surface area contributed by atoms with Gasteiger partial charge in [-0.2, -0.15) is 0 Å². The number of halogens is 1. The number of amides is 1. The quantitative estimate of drug-likeness (QED) is 0.775. The number of amidine groups is 1. The van der Waals surface area contributed by atoms with E-state index >= 15 is 0 Å². The molecule has 3 nitrogen and oxygen atoms in total. The van der Waals surface area contributed by atoms with Crippen molar-refractivity contribution in [3.05, 3.63) is 34.3 Å². The number of benzene rings is 1. The summed E-state index contributed by atoms with van der Waals surface area (Å²) in [6.07, 6.45) is 5.79. The van der Waals surface area contributed by atoms with Crippen molar-refractivity contribution in [2.24, 2.45) is 10.9 Å². The summed E-state index contributed by atoms with van der Waals surface area (Å²) in [7, 11) is 0. The average Bonchev–Trinajstić information content (AvgIpc) is 3.03. The van der Waals surface area contributed by atoms with E-state index in [9.17, 15) is 4.79 Å². The van der Waals surface area contributed by atoms with Crippen molar-refractivity contribution in [2.45, 2.75) is 37.9 Å². The first kappa shape index (κ1) is 16.1. The molecule has 0 bridgehead atoms. The van der Waals surface area contributed by atoms with Gasteiger partial charge >= 0.3 is 0 Å². The second-order valence-electron chi connectivity index (χ2n) is 5.90. The first-order valence-corrected chi connectivity index (χ1v) is 9.75. The number of aliphatic imine (C=N–C) groups is 1. The molecule has 0 aromatic heterocycles. The minimum atomic E-state index is 0.227. The molecule has 0 saturated heterocycles. The third-order valence-corrected chi connectivity index (χ3v) is 5.92. The van der Waals surface area contributed by atoms with E-state index < -0.39 is 0 Å². The van der Waals surface area contributed by atoms with Crippen LogP contribution in [-0.4, -0.2) is 29.1 Å². The maximum atomic E-state index is 12.7. The third-order valence-electron chi connectivity index (χ3n) is 4.30. The lowest BCUT2D eigenvalue weighted by Crippen LogP contribution is -2.38. The Kier molecular flexibility index (Phi) is 5.58. The van der Waals surface area contributed by atoms with Crippen LogP contribution < -0.4 is 0 Å². The maximum Gasteiger partial charge on any atom is 0.231 e. The van der Waals surface area contributed by atoms with E-state index in [4.69, 9.17) is 0 Å². The zero-order valence-electron chi connectivity index (χ0n) is 12.6. The zero-order chi connectivity index (χ0) is 15.4. The molecule has 0 radical (unpaired) electrons. The fourth-order valence-corrected chi connectivity index (χ4v) is 4.33. The topological polar surface area (TPSA) is 32.7 Å². The van der Waals surface area contributed by atoms with Gasteiger partial charge in [-0.1, -0.05) is 59.1 Å². The van der Waals surface area contributed by atoms with Gasteiger partial charge in [0.2, 0.25) is 5.91 Å². The molecule has 1 saturated carbocycles. The minimum Gasteiger partial charge on any atom is -0.289 e. The highest BCUT2D eigenvalue weighted by molar-refractivity contribution is 9.10. The van der Waals surface area contributed by atoms with Gasteiger partial charge in [-0.25, -0.2) is 0 Å². The lowest BCUT2D eigenvalue weighted by Gasteiger charge is -2.26. The van der Waals surface area contributed by atoms with Crippen LogP contribution in [0.3, 0.4) is 0 Å². The summed E-state index contributed by atoms with van der Waals surface area (Å²) < 4.78 is 1.09. The molecule has 1 aliphatic carbocycles. The van der Waals surface area contributed by atoms with E-state index in [1.165, 1.54) is 24.8 Å². The SMILES string of the molecule is O=C(C1CCCCC1)N1CCN=C1SCc1ccc(Br)cc1. The van der Waals surface area contributed by atoms with Crippen molar-refractivity contribution in [1.82, 2.24) is 4.90 Å². The molecule has 5 heteroatoms. The van der Waals surface area contributed by atoms with Crippen LogP contribution in [0.1, 0.15) is 37.7 Å².